The number of fused-ring (bicyclic) bond motifs is 7. The number of carbonyl (C=O) groups excluding carboxylic acids is 3. The number of para-hydroxylation sites is 3. The monoisotopic (exact) mass is 505 g/mol. The number of ether oxygens (including phenoxy) is 1. The van der Waals surface area contributed by atoms with Crippen molar-refractivity contribution in [2.45, 2.75) is 29.8 Å². The number of rotatable bonds is 5. The van der Waals surface area contributed by atoms with Crippen LogP contribution in [0.5, 0.6) is 5.75 Å². The van der Waals surface area contributed by atoms with Crippen molar-refractivity contribution in [3.8, 4) is 5.75 Å². The van der Waals surface area contributed by atoms with Gasteiger partial charge in [0.1, 0.15) is 23.3 Å². The maximum Gasteiger partial charge on any atom is 0.251 e. The van der Waals surface area contributed by atoms with Gasteiger partial charge in [0, 0.05) is 23.0 Å². The van der Waals surface area contributed by atoms with Crippen LogP contribution < -0.4 is 15.4 Å². The zero-order valence-corrected chi connectivity index (χ0v) is 20.8. The van der Waals surface area contributed by atoms with E-state index in [4.69, 9.17) is 4.74 Å². The van der Waals surface area contributed by atoms with Gasteiger partial charge in [-0.25, -0.2) is 0 Å². The summed E-state index contributed by atoms with van der Waals surface area (Å²) in [7, 11) is 0. The van der Waals surface area contributed by atoms with E-state index < -0.39 is 16.9 Å². The Hall–Kier alpha value is -4.23. The Bertz CT molecular complexity index is 1530. The zero-order valence-electron chi connectivity index (χ0n) is 20.8. The summed E-state index contributed by atoms with van der Waals surface area (Å²) < 4.78 is 5.89. The maximum atomic E-state index is 14.8. The molecule has 38 heavy (non-hydrogen) atoms. The van der Waals surface area contributed by atoms with E-state index >= 15 is 0 Å². The largest absolute Gasteiger partial charge is 0.489 e. The van der Waals surface area contributed by atoms with Crippen LogP contribution in [0.25, 0.3) is 0 Å². The molecule has 4 heterocycles. The molecule has 4 atom stereocenters. The number of nitrogens with zero attached hydrogens (tertiary/aromatic N) is 1. The van der Waals surface area contributed by atoms with E-state index in [-0.39, 0.29) is 30.2 Å². The normalized spacial score (nSPS) is 28.6. The van der Waals surface area contributed by atoms with Crippen molar-refractivity contribution in [1.29, 1.82) is 0 Å². The van der Waals surface area contributed by atoms with Gasteiger partial charge in [-0.15, -0.1) is 0 Å². The van der Waals surface area contributed by atoms with Crippen LogP contribution in [0, 0.1) is 5.92 Å². The first-order chi connectivity index (χ1) is 18.6. The lowest BCUT2D eigenvalue weighted by Gasteiger charge is -2.43. The summed E-state index contributed by atoms with van der Waals surface area (Å²) >= 11 is 0. The number of hydrogen-bond acceptors (Lipinski definition) is 5. The molecule has 0 bridgehead atoms. The molecule has 0 radical (unpaired) electrons. The van der Waals surface area contributed by atoms with Crippen molar-refractivity contribution < 1.29 is 19.1 Å². The molecule has 2 N–H and O–H groups in total. The summed E-state index contributed by atoms with van der Waals surface area (Å²) in [4.78, 5) is 45.8. The molecule has 3 aromatic rings. The minimum absolute atomic E-state index is 0.192. The molecule has 4 aliphatic rings. The highest BCUT2D eigenvalue weighted by atomic mass is 16.5. The number of anilines is 2. The van der Waals surface area contributed by atoms with Crippen molar-refractivity contribution in [3.05, 3.63) is 102 Å². The molecule has 3 aromatic carbocycles. The van der Waals surface area contributed by atoms with Gasteiger partial charge in [-0.2, -0.15) is 0 Å². The molecule has 4 aliphatic heterocycles. The second-order valence-corrected chi connectivity index (χ2v) is 10.4. The maximum absolute atomic E-state index is 14.8. The van der Waals surface area contributed by atoms with Crippen LogP contribution in [0.2, 0.25) is 0 Å². The zero-order chi connectivity index (χ0) is 26.1. The smallest absolute Gasteiger partial charge is 0.251 e. The van der Waals surface area contributed by atoms with Gasteiger partial charge in [0.25, 0.3) is 5.91 Å². The van der Waals surface area contributed by atoms with Gasteiger partial charge in [0.15, 0.2) is 5.78 Å². The fourth-order valence-electron chi connectivity index (χ4n) is 7.65. The third kappa shape index (κ3) is 2.59. The third-order valence-corrected chi connectivity index (χ3v) is 8.80. The molecule has 0 aromatic heterocycles. The minimum atomic E-state index is -1.46. The van der Waals surface area contributed by atoms with Gasteiger partial charge in [-0.05, 0) is 49.2 Å². The van der Waals surface area contributed by atoms with E-state index in [9.17, 15) is 14.4 Å². The Morgan fingerprint density at radius 2 is 1.61 bits per heavy atom. The van der Waals surface area contributed by atoms with Crippen LogP contribution in [-0.2, 0) is 20.5 Å². The predicted molar refractivity (Wildman–Crippen MR) is 143 cm³/mol. The van der Waals surface area contributed by atoms with Gasteiger partial charge in [0.2, 0.25) is 5.91 Å². The van der Waals surface area contributed by atoms with Gasteiger partial charge in [-0.1, -0.05) is 61.2 Å². The molecule has 2 saturated heterocycles. The first-order valence-electron chi connectivity index (χ1n) is 13.0. The molecular formula is C31H27N3O4. The highest BCUT2D eigenvalue weighted by Gasteiger charge is 2.81. The summed E-state index contributed by atoms with van der Waals surface area (Å²) in [5, 5.41) is 6.14. The van der Waals surface area contributed by atoms with Gasteiger partial charge < -0.3 is 15.4 Å². The number of benzene rings is 3. The topological polar surface area (TPSA) is 87.7 Å². The van der Waals surface area contributed by atoms with E-state index in [1.54, 1.807) is 24.3 Å². The first-order valence-corrected chi connectivity index (χ1v) is 13.0. The molecule has 7 nitrogen and oxygen atoms in total. The Morgan fingerprint density at radius 3 is 2.39 bits per heavy atom. The van der Waals surface area contributed by atoms with E-state index in [2.05, 4.69) is 22.1 Å². The highest BCUT2D eigenvalue weighted by molar-refractivity contribution is 6.21. The van der Waals surface area contributed by atoms with Crippen LogP contribution in [0.4, 0.5) is 11.4 Å². The van der Waals surface area contributed by atoms with Gasteiger partial charge in [0.05, 0.1) is 11.5 Å². The Morgan fingerprint density at radius 1 is 0.947 bits per heavy atom. The Kier molecular flexibility index (Phi) is 4.91. The molecule has 4 unspecified atom stereocenters. The average molecular weight is 506 g/mol. The molecule has 2 amide bonds. The van der Waals surface area contributed by atoms with Crippen LogP contribution >= 0.6 is 0 Å². The number of nitrogens with one attached hydrogen (secondary N) is 2. The number of Topliss-reactive ketones (excluding diaryl/α,β-unsaturated/α-hetero) is 1. The number of hydrogen-bond donors (Lipinski definition) is 2. The van der Waals surface area contributed by atoms with Crippen LogP contribution in [-0.4, -0.2) is 41.7 Å². The molecule has 7 heteroatoms. The Balaban J connectivity index is 1.55. The fourth-order valence-corrected chi connectivity index (χ4v) is 7.65. The number of amides is 2. The summed E-state index contributed by atoms with van der Waals surface area (Å²) in [6.07, 6.45) is 3.17. The lowest BCUT2D eigenvalue weighted by Crippen LogP contribution is -2.62. The first kappa shape index (κ1) is 22.9. The third-order valence-electron chi connectivity index (χ3n) is 8.80. The molecule has 2 spiro atoms. The van der Waals surface area contributed by atoms with Crippen molar-refractivity contribution in [2.24, 2.45) is 5.92 Å². The quantitative estimate of drug-likeness (QED) is 0.400. The SMILES string of the molecule is C=CCOc1ccccc1C(=O)C1C2CCCN2C2(C(=O)Nc3ccccc32)C12C(=O)Nc1ccccc12. The minimum Gasteiger partial charge on any atom is -0.489 e. The van der Waals surface area contributed by atoms with E-state index in [0.717, 1.165) is 12.0 Å². The lowest BCUT2D eigenvalue weighted by atomic mass is 9.57. The van der Waals surface area contributed by atoms with Crippen molar-refractivity contribution in [2.75, 3.05) is 23.8 Å². The number of ketones is 1. The predicted octanol–water partition coefficient (Wildman–Crippen LogP) is 4.27. The number of carbonyl (C=O) groups is 3. The second kappa shape index (κ2) is 8.13. The molecule has 0 aliphatic carbocycles. The summed E-state index contributed by atoms with van der Waals surface area (Å²) in [5.41, 5.74) is 0.342. The van der Waals surface area contributed by atoms with Gasteiger partial charge >= 0.3 is 0 Å². The van der Waals surface area contributed by atoms with Crippen molar-refractivity contribution in [1.82, 2.24) is 4.90 Å². The molecular weight excluding hydrogens is 478 g/mol. The van der Waals surface area contributed by atoms with Crippen LogP contribution in [0.3, 0.4) is 0 Å². The highest BCUT2D eigenvalue weighted by Crippen LogP contribution is 2.67. The van der Waals surface area contributed by atoms with Crippen molar-refractivity contribution in [3.63, 3.8) is 0 Å². The molecule has 0 saturated carbocycles. The lowest BCUT2D eigenvalue weighted by molar-refractivity contribution is -0.137. The van der Waals surface area contributed by atoms with Crippen molar-refractivity contribution >= 4 is 29.0 Å². The molecule has 7 rings (SSSR count). The fraction of sp³-hybridized carbons (Fsp3) is 0.258. The van der Waals surface area contributed by atoms with E-state index in [0.29, 0.717) is 41.2 Å². The second-order valence-electron chi connectivity index (χ2n) is 10.4. The van der Waals surface area contributed by atoms with E-state index in [1.165, 1.54) is 0 Å². The standard InChI is InChI=1S/C31H27N3O4/c1-2-18-38-25-16-8-3-10-19(25)27(35)26-24-15-9-17-34(24)31(21-12-5-7-14-23(21)33-29(31)37)30(26)20-11-4-6-13-22(20)32-28(30)36/h2-8,10-14,16,24,26H,1,9,15,17-18H2,(H,32,36)(H,33,37). The van der Waals surface area contributed by atoms with Gasteiger partial charge in [-0.3, -0.25) is 19.3 Å². The summed E-state index contributed by atoms with van der Waals surface area (Å²) in [6.45, 7) is 4.59. The molecule has 2 fully saturated rings. The average Bonchev–Trinajstić information content (AvgIpc) is 3.66. The Labute approximate surface area is 220 Å². The van der Waals surface area contributed by atoms with Crippen LogP contribution in [0.1, 0.15) is 34.3 Å². The molecule has 190 valence electrons. The summed E-state index contributed by atoms with van der Waals surface area (Å²) in [5.74, 6) is -1.13. The summed E-state index contributed by atoms with van der Waals surface area (Å²) in [6, 6.07) is 21.9. The van der Waals surface area contributed by atoms with E-state index in [1.807, 2.05) is 54.6 Å². The van der Waals surface area contributed by atoms with Crippen LogP contribution in [0.15, 0.2) is 85.5 Å².